The zero-order chi connectivity index (χ0) is 31.0. The van der Waals surface area contributed by atoms with Crippen molar-refractivity contribution < 1.29 is 32.2 Å². The third-order valence-electron chi connectivity index (χ3n) is 7.32. The van der Waals surface area contributed by atoms with Gasteiger partial charge in [0.15, 0.2) is 0 Å². The molecule has 0 saturated carbocycles. The van der Waals surface area contributed by atoms with Gasteiger partial charge in [-0.05, 0) is 49.2 Å². The molecule has 1 saturated heterocycles. The fraction of sp³-hybridized carbons (Fsp3) is 0.516. The number of carbonyl (C=O) groups is 1. The summed E-state index contributed by atoms with van der Waals surface area (Å²) in [6, 6.07) is 9.03. The molecule has 0 atom stereocenters. The summed E-state index contributed by atoms with van der Waals surface area (Å²) in [4.78, 5) is 19.1. The topological polar surface area (TPSA) is 89.6 Å². The lowest BCUT2D eigenvalue weighted by atomic mass is 10.0. The van der Waals surface area contributed by atoms with Crippen LogP contribution in [-0.2, 0) is 33.6 Å². The van der Waals surface area contributed by atoms with E-state index < -0.39 is 19.8 Å². The number of ketones is 1. The summed E-state index contributed by atoms with van der Waals surface area (Å²) in [7, 11) is -1.36. The molecule has 1 aliphatic rings. The Morgan fingerprint density at radius 1 is 1.14 bits per heavy atom. The van der Waals surface area contributed by atoms with Crippen molar-refractivity contribution in [1.82, 2.24) is 14.5 Å². The number of hydrogen-bond donors (Lipinski definition) is 0. The van der Waals surface area contributed by atoms with Gasteiger partial charge in [-0.25, -0.2) is 4.98 Å². The van der Waals surface area contributed by atoms with Crippen LogP contribution in [-0.4, -0.2) is 67.8 Å². The van der Waals surface area contributed by atoms with Crippen LogP contribution < -0.4 is 4.74 Å². The highest BCUT2D eigenvalue weighted by Gasteiger charge is 2.36. The third kappa shape index (κ3) is 9.37. The number of benzene rings is 1. The van der Waals surface area contributed by atoms with E-state index in [0.717, 1.165) is 57.9 Å². The number of morpholine rings is 1. The predicted octanol–water partition coefficient (Wildman–Crippen LogP) is 6.65. The highest BCUT2D eigenvalue weighted by Crippen LogP contribution is 2.41. The lowest BCUT2D eigenvalue weighted by Gasteiger charge is -2.26. The minimum Gasteiger partial charge on any atom is -0.455 e. The summed E-state index contributed by atoms with van der Waals surface area (Å²) < 4.78 is 60.6. The Kier molecular flexibility index (Phi) is 11.0. The molecule has 8 nitrogen and oxygen atoms in total. The smallest absolute Gasteiger partial charge is 0.418 e. The Morgan fingerprint density at radius 2 is 1.91 bits per heavy atom. The van der Waals surface area contributed by atoms with E-state index >= 15 is 0 Å². The molecule has 3 heterocycles. The SMILES string of the molecule is C[Si](C)(C)CCOCn1cc(C(F)(F)F)c2c(Oc3ccc(CC(=O)CCCCN4CCOCC4)cc3C#N)ccnc21. The number of alkyl halides is 3. The number of pyridine rings is 1. The average molecular weight is 617 g/mol. The first kappa shape index (κ1) is 32.7. The molecule has 2 aromatic heterocycles. The van der Waals surface area contributed by atoms with Crippen molar-refractivity contribution in [2.24, 2.45) is 0 Å². The minimum absolute atomic E-state index is 0.0681. The van der Waals surface area contributed by atoms with Gasteiger partial charge in [0.05, 0.1) is 29.7 Å². The van der Waals surface area contributed by atoms with Gasteiger partial charge in [0.2, 0.25) is 0 Å². The Hall–Kier alpha value is -3.24. The van der Waals surface area contributed by atoms with Gasteiger partial charge in [-0.3, -0.25) is 9.69 Å². The normalized spacial score (nSPS) is 14.6. The van der Waals surface area contributed by atoms with Crippen LogP contribution in [0, 0.1) is 11.3 Å². The molecular weight excluding hydrogens is 577 g/mol. The Morgan fingerprint density at radius 3 is 2.60 bits per heavy atom. The molecule has 4 rings (SSSR count). The monoisotopic (exact) mass is 616 g/mol. The predicted molar refractivity (Wildman–Crippen MR) is 160 cm³/mol. The molecule has 0 amide bonds. The number of rotatable bonds is 14. The van der Waals surface area contributed by atoms with Gasteiger partial charge in [0.25, 0.3) is 0 Å². The quantitative estimate of drug-likeness (QED) is 0.148. The first-order chi connectivity index (χ1) is 20.4. The Labute approximate surface area is 251 Å². The zero-order valence-corrected chi connectivity index (χ0v) is 26.0. The summed E-state index contributed by atoms with van der Waals surface area (Å²) in [6.07, 6.45) is 0.0187. The van der Waals surface area contributed by atoms with Crippen molar-refractivity contribution in [3.05, 3.63) is 53.3 Å². The highest BCUT2D eigenvalue weighted by atomic mass is 28.3. The fourth-order valence-electron chi connectivity index (χ4n) is 4.91. The van der Waals surface area contributed by atoms with Crippen molar-refractivity contribution >= 4 is 24.9 Å². The van der Waals surface area contributed by atoms with Gasteiger partial charge in [-0.15, -0.1) is 0 Å². The van der Waals surface area contributed by atoms with Gasteiger partial charge < -0.3 is 18.8 Å². The van der Waals surface area contributed by atoms with Crippen molar-refractivity contribution in [3.8, 4) is 17.6 Å². The van der Waals surface area contributed by atoms with E-state index in [-0.39, 0.29) is 47.0 Å². The maximum atomic E-state index is 14.1. The minimum atomic E-state index is -4.66. The molecule has 43 heavy (non-hydrogen) atoms. The molecule has 0 radical (unpaired) electrons. The molecule has 0 spiro atoms. The third-order valence-corrected chi connectivity index (χ3v) is 9.02. The summed E-state index contributed by atoms with van der Waals surface area (Å²) >= 11 is 0. The number of halogens is 3. The van der Waals surface area contributed by atoms with Gasteiger partial charge in [-0.2, -0.15) is 18.4 Å². The molecule has 0 aliphatic carbocycles. The molecule has 232 valence electrons. The standard InChI is InChI=1S/C31H39F3N4O4Si/c1-43(2,3)17-16-41-22-38-21-26(31(32,33)34)29-28(9-10-36-30(29)38)42-27-8-7-23(18-24(27)20-35)19-25(39)6-4-5-11-37-12-14-40-15-13-37/h7-10,18,21H,4-6,11-17,19,22H2,1-3H3. The number of ether oxygens (including phenoxy) is 3. The number of nitrogens with zero attached hydrogens (tertiary/aromatic N) is 4. The summed E-state index contributed by atoms with van der Waals surface area (Å²) in [5.74, 6) is 0.0985. The molecule has 1 fully saturated rings. The number of hydrogen-bond acceptors (Lipinski definition) is 7. The van der Waals surface area contributed by atoms with E-state index in [9.17, 15) is 23.2 Å². The van der Waals surface area contributed by atoms with Crippen molar-refractivity contribution in [2.75, 3.05) is 39.5 Å². The number of aromatic nitrogens is 2. The van der Waals surface area contributed by atoms with E-state index in [1.807, 2.05) is 0 Å². The molecule has 0 N–H and O–H groups in total. The van der Waals surface area contributed by atoms with Gasteiger partial charge in [0, 0.05) is 53.0 Å². The maximum Gasteiger partial charge on any atom is 0.418 e. The number of nitriles is 1. The number of fused-ring (bicyclic) bond motifs is 1. The van der Waals surface area contributed by atoms with Crippen LogP contribution in [0.15, 0.2) is 36.7 Å². The van der Waals surface area contributed by atoms with Crippen molar-refractivity contribution in [2.45, 2.75) is 64.3 Å². The fourth-order valence-corrected chi connectivity index (χ4v) is 5.66. The van der Waals surface area contributed by atoms with Gasteiger partial charge >= 0.3 is 6.18 Å². The second kappa shape index (κ2) is 14.5. The number of carbonyl (C=O) groups excluding carboxylic acids is 1. The zero-order valence-electron chi connectivity index (χ0n) is 25.0. The van der Waals surface area contributed by atoms with Crippen LogP contribution in [0.2, 0.25) is 25.7 Å². The second-order valence-electron chi connectivity index (χ2n) is 12.0. The first-order valence-electron chi connectivity index (χ1n) is 14.6. The second-order valence-corrected chi connectivity index (χ2v) is 17.7. The number of Topliss-reactive ketones (excluding diaryl/α,β-unsaturated/α-hetero) is 1. The van der Waals surface area contributed by atoms with Crippen LogP contribution in [0.1, 0.15) is 36.0 Å². The Balaban J connectivity index is 1.45. The Bertz CT molecular complexity index is 1440. The van der Waals surface area contributed by atoms with E-state index in [0.29, 0.717) is 18.6 Å². The molecule has 12 heteroatoms. The molecule has 0 bridgehead atoms. The van der Waals surface area contributed by atoms with E-state index in [4.69, 9.17) is 14.2 Å². The van der Waals surface area contributed by atoms with E-state index in [1.165, 1.54) is 22.9 Å². The summed E-state index contributed by atoms with van der Waals surface area (Å²) in [6.45, 7) is 11.2. The van der Waals surface area contributed by atoms with Crippen molar-refractivity contribution in [3.63, 3.8) is 0 Å². The molecular formula is C31H39F3N4O4Si. The number of unbranched alkanes of at least 4 members (excludes halogenated alkanes) is 1. The lowest BCUT2D eigenvalue weighted by molar-refractivity contribution is -0.136. The molecule has 1 aromatic carbocycles. The highest BCUT2D eigenvalue weighted by molar-refractivity contribution is 6.76. The average Bonchev–Trinajstić information content (AvgIpc) is 3.34. The molecule has 3 aromatic rings. The lowest BCUT2D eigenvalue weighted by Crippen LogP contribution is -2.36. The van der Waals surface area contributed by atoms with Crippen LogP contribution >= 0.6 is 0 Å². The van der Waals surface area contributed by atoms with Crippen molar-refractivity contribution in [1.29, 1.82) is 5.26 Å². The van der Waals surface area contributed by atoms with Gasteiger partial charge in [0.1, 0.15) is 35.7 Å². The molecule has 1 aliphatic heterocycles. The van der Waals surface area contributed by atoms with Crippen LogP contribution in [0.4, 0.5) is 13.2 Å². The largest absolute Gasteiger partial charge is 0.455 e. The maximum absolute atomic E-state index is 14.1. The summed E-state index contributed by atoms with van der Waals surface area (Å²) in [5, 5.41) is 9.59. The molecule has 0 unspecified atom stereocenters. The van der Waals surface area contributed by atoms with Crippen LogP contribution in [0.3, 0.4) is 0 Å². The summed E-state index contributed by atoms with van der Waals surface area (Å²) in [5.41, 5.74) is -0.0364. The first-order valence-corrected chi connectivity index (χ1v) is 18.3. The van der Waals surface area contributed by atoms with Crippen LogP contribution in [0.5, 0.6) is 11.5 Å². The van der Waals surface area contributed by atoms with Gasteiger partial charge in [-0.1, -0.05) is 25.7 Å². The van der Waals surface area contributed by atoms with Crippen LogP contribution in [0.25, 0.3) is 11.0 Å². The van der Waals surface area contributed by atoms with E-state index in [1.54, 1.807) is 12.1 Å². The van der Waals surface area contributed by atoms with E-state index in [2.05, 4.69) is 35.6 Å².